The van der Waals surface area contributed by atoms with E-state index >= 15 is 0 Å². The summed E-state index contributed by atoms with van der Waals surface area (Å²) in [5.41, 5.74) is 1.00. The maximum absolute atomic E-state index is 6.23. The van der Waals surface area contributed by atoms with E-state index in [9.17, 15) is 0 Å². The number of nitrogens with one attached hydrogen (secondary N) is 1. The Kier molecular flexibility index (Phi) is 4.47. The average Bonchev–Trinajstić information content (AvgIpc) is 2.90. The lowest BCUT2D eigenvalue weighted by Crippen LogP contribution is -2.29. The first-order valence-corrected chi connectivity index (χ1v) is 8.79. The fraction of sp³-hybridized carbons (Fsp3) is 0.562. The van der Waals surface area contributed by atoms with E-state index in [4.69, 9.17) is 11.6 Å². The number of hydrogen-bond acceptors (Lipinski definition) is 3. The second-order valence-corrected chi connectivity index (χ2v) is 7.07. The van der Waals surface area contributed by atoms with Crippen LogP contribution >= 0.6 is 22.9 Å². The molecule has 1 aliphatic rings. The van der Waals surface area contributed by atoms with Crippen molar-refractivity contribution in [3.05, 3.63) is 23.2 Å². The highest BCUT2D eigenvalue weighted by molar-refractivity contribution is 7.22. The molecule has 1 aromatic heterocycles. The van der Waals surface area contributed by atoms with Gasteiger partial charge in [-0.1, -0.05) is 55.2 Å². The van der Waals surface area contributed by atoms with Crippen molar-refractivity contribution in [3.8, 4) is 0 Å². The Bertz CT molecular complexity index is 575. The predicted molar refractivity (Wildman–Crippen MR) is 88.9 cm³/mol. The Balaban J connectivity index is 1.78. The highest BCUT2D eigenvalue weighted by Gasteiger charge is 2.23. The largest absolute Gasteiger partial charge is 0.358 e. The van der Waals surface area contributed by atoms with Crippen LogP contribution < -0.4 is 5.32 Å². The van der Waals surface area contributed by atoms with Gasteiger partial charge in [-0.2, -0.15) is 0 Å². The highest BCUT2D eigenvalue weighted by atomic mass is 35.5. The molecule has 1 saturated carbocycles. The van der Waals surface area contributed by atoms with E-state index in [-0.39, 0.29) is 0 Å². The molecule has 1 unspecified atom stereocenters. The molecular weight excluding hydrogens is 288 g/mol. The van der Waals surface area contributed by atoms with Gasteiger partial charge < -0.3 is 5.32 Å². The van der Waals surface area contributed by atoms with Crippen molar-refractivity contribution < 1.29 is 0 Å². The molecule has 1 atom stereocenters. The molecule has 0 saturated heterocycles. The van der Waals surface area contributed by atoms with E-state index in [2.05, 4.69) is 17.2 Å². The zero-order valence-corrected chi connectivity index (χ0v) is 13.4. The van der Waals surface area contributed by atoms with Gasteiger partial charge in [0.05, 0.1) is 15.2 Å². The maximum atomic E-state index is 6.23. The van der Waals surface area contributed by atoms with Crippen LogP contribution in [0.2, 0.25) is 5.02 Å². The lowest BCUT2D eigenvalue weighted by atomic mass is 9.83. The summed E-state index contributed by atoms with van der Waals surface area (Å²) in [5.74, 6) is 0.802. The molecule has 0 radical (unpaired) electrons. The quantitative estimate of drug-likeness (QED) is 0.781. The minimum atomic E-state index is 0.551. The Labute approximate surface area is 129 Å². The van der Waals surface area contributed by atoms with Gasteiger partial charge in [0, 0.05) is 6.04 Å². The third-order valence-corrected chi connectivity index (χ3v) is 5.80. The second-order valence-electron chi connectivity index (χ2n) is 5.66. The second kappa shape index (κ2) is 6.31. The Morgan fingerprint density at radius 1 is 1.35 bits per heavy atom. The summed E-state index contributed by atoms with van der Waals surface area (Å²) < 4.78 is 1.09. The molecule has 3 rings (SSSR count). The van der Waals surface area contributed by atoms with Gasteiger partial charge in [-0.3, -0.25) is 0 Å². The van der Waals surface area contributed by atoms with Crippen LogP contribution in [0.5, 0.6) is 0 Å². The van der Waals surface area contributed by atoms with Crippen LogP contribution in [0.25, 0.3) is 10.2 Å². The van der Waals surface area contributed by atoms with E-state index in [0.717, 1.165) is 32.7 Å². The fourth-order valence-electron chi connectivity index (χ4n) is 3.23. The van der Waals surface area contributed by atoms with Gasteiger partial charge in [0.25, 0.3) is 0 Å². The number of rotatable bonds is 4. The van der Waals surface area contributed by atoms with Crippen molar-refractivity contribution in [1.29, 1.82) is 0 Å². The molecule has 2 nitrogen and oxygen atoms in total. The first-order chi connectivity index (χ1) is 9.78. The molecule has 0 spiro atoms. The van der Waals surface area contributed by atoms with Crippen LogP contribution in [0.1, 0.15) is 45.4 Å². The number of aromatic nitrogens is 1. The van der Waals surface area contributed by atoms with Crippen molar-refractivity contribution in [1.82, 2.24) is 4.98 Å². The summed E-state index contributed by atoms with van der Waals surface area (Å²) in [4.78, 5) is 4.68. The highest BCUT2D eigenvalue weighted by Crippen LogP contribution is 2.34. The summed E-state index contributed by atoms with van der Waals surface area (Å²) >= 11 is 7.91. The van der Waals surface area contributed by atoms with Crippen molar-refractivity contribution in [2.24, 2.45) is 5.92 Å². The molecule has 1 N–H and O–H groups in total. The lowest BCUT2D eigenvalue weighted by molar-refractivity contribution is 0.313. The molecule has 0 aliphatic heterocycles. The molecule has 1 aliphatic carbocycles. The normalized spacial score (nSPS) is 18.3. The number of benzene rings is 1. The summed E-state index contributed by atoms with van der Waals surface area (Å²) in [6.07, 6.45) is 8.05. The van der Waals surface area contributed by atoms with Crippen molar-refractivity contribution >= 4 is 38.3 Å². The van der Waals surface area contributed by atoms with E-state index < -0.39 is 0 Å². The Morgan fingerprint density at radius 2 is 2.15 bits per heavy atom. The zero-order valence-electron chi connectivity index (χ0n) is 11.9. The topological polar surface area (TPSA) is 24.9 Å². The first kappa shape index (κ1) is 14.2. The fourth-order valence-corrected chi connectivity index (χ4v) is 4.44. The molecule has 1 heterocycles. The minimum Gasteiger partial charge on any atom is -0.358 e. The lowest BCUT2D eigenvalue weighted by Gasteiger charge is -2.30. The average molecular weight is 309 g/mol. The van der Waals surface area contributed by atoms with Gasteiger partial charge in [0.2, 0.25) is 0 Å². The Morgan fingerprint density at radius 3 is 2.85 bits per heavy atom. The van der Waals surface area contributed by atoms with Crippen molar-refractivity contribution in [3.63, 3.8) is 0 Å². The van der Waals surface area contributed by atoms with E-state index in [0.29, 0.717) is 6.04 Å². The molecule has 0 amide bonds. The van der Waals surface area contributed by atoms with Crippen molar-refractivity contribution in [2.45, 2.75) is 51.5 Å². The van der Waals surface area contributed by atoms with E-state index in [1.807, 2.05) is 18.2 Å². The van der Waals surface area contributed by atoms with Crippen LogP contribution in [0, 0.1) is 5.92 Å². The molecule has 20 heavy (non-hydrogen) atoms. The van der Waals surface area contributed by atoms with Gasteiger partial charge in [0.15, 0.2) is 5.13 Å². The molecule has 108 valence electrons. The van der Waals surface area contributed by atoms with Crippen LogP contribution in [-0.4, -0.2) is 11.0 Å². The maximum Gasteiger partial charge on any atom is 0.184 e. The molecule has 1 aromatic carbocycles. The first-order valence-electron chi connectivity index (χ1n) is 7.59. The predicted octanol–water partition coefficient (Wildman–Crippen LogP) is 5.72. The van der Waals surface area contributed by atoms with Gasteiger partial charge in [0.1, 0.15) is 0 Å². The van der Waals surface area contributed by atoms with Crippen LogP contribution in [0.15, 0.2) is 18.2 Å². The zero-order chi connectivity index (χ0) is 13.9. The number of fused-ring (bicyclic) bond motifs is 1. The van der Waals surface area contributed by atoms with Crippen LogP contribution in [0.3, 0.4) is 0 Å². The third kappa shape index (κ3) is 2.94. The van der Waals surface area contributed by atoms with Crippen LogP contribution in [-0.2, 0) is 0 Å². The van der Waals surface area contributed by atoms with Crippen LogP contribution in [0.4, 0.5) is 5.13 Å². The summed E-state index contributed by atoms with van der Waals surface area (Å²) in [6, 6.07) is 6.48. The molecule has 2 aromatic rings. The van der Waals surface area contributed by atoms with Gasteiger partial charge in [-0.25, -0.2) is 4.98 Å². The van der Waals surface area contributed by atoms with Gasteiger partial charge in [-0.15, -0.1) is 0 Å². The third-order valence-electron chi connectivity index (χ3n) is 4.33. The van der Waals surface area contributed by atoms with E-state index in [1.54, 1.807) is 11.3 Å². The van der Waals surface area contributed by atoms with Gasteiger partial charge in [-0.05, 0) is 37.3 Å². The minimum absolute atomic E-state index is 0.551. The number of thiazole rings is 1. The molecule has 0 bridgehead atoms. The monoisotopic (exact) mass is 308 g/mol. The standard InChI is InChI=1S/C16H21ClN2S/c1-2-13(11-7-4-3-5-8-11)18-16-19-14-10-6-9-12(17)15(14)20-16/h6,9-11,13H,2-5,7-8H2,1H3,(H,18,19). The number of hydrogen-bond donors (Lipinski definition) is 1. The summed E-state index contributed by atoms with van der Waals surface area (Å²) in [7, 11) is 0. The summed E-state index contributed by atoms with van der Waals surface area (Å²) in [6.45, 7) is 2.27. The number of nitrogens with zero attached hydrogens (tertiary/aromatic N) is 1. The SMILES string of the molecule is CCC(Nc1nc2cccc(Cl)c2s1)C1CCCCC1. The summed E-state index contributed by atoms with van der Waals surface area (Å²) in [5, 5.41) is 5.49. The number of halogens is 1. The number of anilines is 1. The van der Waals surface area contributed by atoms with Gasteiger partial charge >= 0.3 is 0 Å². The van der Waals surface area contributed by atoms with E-state index in [1.165, 1.54) is 32.1 Å². The molecular formula is C16H21ClN2S. The molecule has 1 fully saturated rings. The Hall–Kier alpha value is -0.800. The molecule has 4 heteroatoms. The smallest absolute Gasteiger partial charge is 0.184 e. The van der Waals surface area contributed by atoms with Crippen molar-refractivity contribution in [2.75, 3.05) is 5.32 Å².